The number of ether oxygens (including phenoxy) is 2. The predicted octanol–water partition coefficient (Wildman–Crippen LogP) is 3.21. The fraction of sp³-hybridized carbons (Fsp3) is 0.647. The van der Waals surface area contributed by atoms with E-state index < -0.39 is 6.61 Å². The summed E-state index contributed by atoms with van der Waals surface area (Å²) in [4.78, 5) is 4.57. The zero-order chi connectivity index (χ0) is 17.0. The molecule has 1 saturated heterocycles. The van der Waals surface area contributed by atoms with Crippen molar-refractivity contribution in [1.29, 1.82) is 0 Å². The van der Waals surface area contributed by atoms with Gasteiger partial charge in [0.2, 0.25) is 0 Å². The Morgan fingerprint density at radius 2 is 2.13 bits per heavy atom. The molecule has 2 atom stereocenters. The molecule has 0 aliphatic carbocycles. The molecule has 2 rings (SSSR count). The van der Waals surface area contributed by atoms with Gasteiger partial charge >= 0.3 is 6.61 Å². The van der Waals surface area contributed by atoms with Crippen molar-refractivity contribution in [2.45, 2.75) is 45.0 Å². The highest BCUT2D eigenvalue weighted by atomic mass is 19.3. The van der Waals surface area contributed by atoms with Crippen LogP contribution in [-0.2, 0) is 6.54 Å². The zero-order valence-corrected chi connectivity index (χ0v) is 14.3. The first-order valence-corrected chi connectivity index (χ1v) is 7.93. The second-order valence-electron chi connectivity index (χ2n) is 6.28. The number of piperidine rings is 1. The summed E-state index contributed by atoms with van der Waals surface area (Å²) in [7, 11) is 5.74. The van der Waals surface area contributed by atoms with Crippen molar-refractivity contribution in [3.63, 3.8) is 0 Å². The van der Waals surface area contributed by atoms with Crippen molar-refractivity contribution in [2.24, 2.45) is 0 Å². The van der Waals surface area contributed by atoms with Crippen molar-refractivity contribution < 1.29 is 18.3 Å². The quantitative estimate of drug-likeness (QED) is 0.800. The first-order chi connectivity index (χ1) is 10.9. The van der Waals surface area contributed by atoms with Gasteiger partial charge < -0.3 is 14.4 Å². The van der Waals surface area contributed by atoms with Gasteiger partial charge in [0.25, 0.3) is 0 Å². The molecular formula is C17H26F2N2O2. The number of alkyl halides is 2. The molecule has 1 heterocycles. The van der Waals surface area contributed by atoms with Crippen LogP contribution in [0.1, 0.15) is 25.3 Å². The molecule has 1 aromatic carbocycles. The van der Waals surface area contributed by atoms with E-state index in [0.29, 0.717) is 24.4 Å². The molecule has 0 aromatic heterocycles. The Morgan fingerprint density at radius 1 is 1.39 bits per heavy atom. The second-order valence-corrected chi connectivity index (χ2v) is 6.28. The topological polar surface area (TPSA) is 24.9 Å². The minimum Gasteiger partial charge on any atom is -0.497 e. The Hall–Kier alpha value is -1.40. The van der Waals surface area contributed by atoms with Crippen LogP contribution in [0, 0.1) is 0 Å². The van der Waals surface area contributed by atoms with Gasteiger partial charge in [0.1, 0.15) is 11.5 Å². The molecule has 0 unspecified atom stereocenters. The minimum atomic E-state index is -2.82. The number of benzene rings is 1. The van der Waals surface area contributed by atoms with E-state index in [2.05, 4.69) is 28.5 Å². The van der Waals surface area contributed by atoms with Gasteiger partial charge in [-0.3, -0.25) is 4.90 Å². The number of nitrogens with zero attached hydrogens (tertiary/aromatic N) is 2. The van der Waals surface area contributed by atoms with E-state index in [9.17, 15) is 8.78 Å². The first-order valence-electron chi connectivity index (χ1n) is 7.93. The molecule has 0 saturated carbocycles. The Labute approximate surface area is 137 Å². The Morgan fingerprint density at radius 3 is 2.74 bits per heavy atom. The fourth-order valence-electron chi connectivity index (χ4n) is 3.08. The summed E-state index contributed by atoms with van der Waals surface area (Å²) >= 11 is 0. The SMILES string of the molecule is COc1ccc(OC(F)F)c(CN(C)[C@@H]2CCN(C)[C@@H](C)C2)c1. The van der Waals surface area contributed by atoms with Crippen LogP contribution < -0.4 is 9.47 Å². The summed E-state index contributed by atoms with van der Waals surface area (Å²) in [6, 6.07) is 5.92. The van der Waals surface area contributed by atoms with Crippen molar-refractivity contribution >= 4 is 0 Å². The lowest BCUT2D eigenvalue weighted by atomic mass is 9.97. The highest BCUT2D eigenvalue weighted by Gasteiger charge is 2.26. The lowest BCUT2D eigenvalue weighted by molar-refractivity contribution is -0.0509. The highest BCUT2D eigenvalue weighted by molar-refractivity contribution is 5.40. The number of rotatable bonds is 6. The molecule has 0 N–H and O–H groups in total. The largest absolute Gasteiger partial charge is 0.497 e. The summed E-state index contributed by atoms with van der Waals surface area (Å²) in [5.74, 6) is 0.861. The van der Waals surface area contributed by atoms with Crippen LogP contribution >= 0.6 is 0 Å². The van der Waals surface area contributed by atoms with Gasteiger partial charge in [-0.1, -0.05) is 0 Å². The molecule has 1 aromatic rings. The van der Waals surface area contributed by atoms with Gasteiger partial charge in [0.15, 0.2) is 0 Å². The smallest absolute Gasteiger partial charge is 0.387 e. The lowest BCUT2D eigenvalue weighted by Gasteiger charge is -2.39. The van der Waals surface area contributed by atoms with Gasteiger partial charge in [-0.05, 0) is 58.6 Å². The summed E-state index contributed by atoms with van der Waals surface area (Å²) in [6.45, 7) is 1.00. The Kier molecular flexibility index (Phi) is 6.18. The van der Waals surface area contributed by atoms with E-state index in [1.165, 1.54) is 0 Å². The number of hydrogen-bond donors (Lipinski definition) is 0. The number of methoxy groups -OCH3 is 1. The lowest BCUT2D eigenvalue weighted by Crippen LogP contribution is -2.46. The molecule has 1 aliphatic heterocycles. The van der Waals surface area contributed by atoms with Gasteiger partial charge in [0.05, 0.1) is 7.11 Å². The van der Waals surface area contributed by atoms with Gasteiger partial charge in [-0.15, -0.1) is 0 Å². The van der Waals surface area contributed by atoms with Crippen LogP contribution in [0.2, 0.25) is 0 Å². The minimum absolute atomic E-state index is 0.216. The van der Waals surface area contributed by atoms with Crippen molar-refractivity contribution in [3.05, 3.63) is 23.8 Å². The highest BCUT2D eigenvalue weighted by Crippen LogP contribution is 2.28. The summed E-state index contributed by atoms with van der Waals surface area (Å²) in [5.41, 5.74) is 0.721. The van der Waals surface area contributed by atoms with Crippen LogP contribution in [0.4, 0.5) is 8.78 Å². The van der Waals surface area contributed by atoms with Crippen molar-refractivity contribution in [1.82, 2.24) is 9.80 Å². The van der Waals surface area contributed by atoms with Crippen LogP contribution in [0.25, 0.3) is 0 Å². The second kappa shape index (κ2) is 7.93. The number of likely N-dealkylation sites (tertiary alicyclic amines) is 1. The molecule has 0 spiro atoms. The van der Waals surface area contributed by atoms with E-state index in [0.717, 1.165) is 24.9 Å². The van der Waals surface area contributed by atoms with Gasteiger partial charge in [0, 0.05) is 24.2 Å². The maximum absolute atomic E-state index is 12.6. The normalized spacial score (nSPS) is 22.6. The molecule has 1 aliphatic rings. The van der Waals surface area contributed by atoms with Crippen LogP contribution in [0.15, 0.2) is 18.2 Å². The molecule has 130 valence electrons. The third-order valence-electron chi connectivity index (χ3n) is 4.71. The average molecular weight is 328 g/mol. The van der Waals surface area contributed by atoms with E-state index >= 15 is 0 Å². The first kappa shape index (κ1) is 17.9. The van der Waals surface area contributed by atoms with Crippen LogP contribution in [-0.4, -0.2) is 56.2 Å². The van der Waals surface area contributed by atoms with Crippen molar-refractivity contribution in [2.75, 3.05) is 27.7 Å². The molecule has 0 radical (unpaired) electrons. The third kappa shape index (κ3) is 4.78. The van der Waals surface area contributed by atoms with Crippen LogP contribution in [0.3, 0.4) is 0 Å². The summed E-state index contributed by atoms with van der Waals surface area (Å²) in [5, 5.41) is 0. The Balaban J connectivity index is 2.10. The standard InChI is InChI=1S/C17H26F2N2O2/c1-12-9-14(7-8-20(12)2)21(3)11-13-10-15(22-4)5-6-16(13)23-17(18)19/h5-6,10,12,14,17H,7-9,11H2,1-4H3/t12-,14+/m0/s1. The van der Waals surface area contributed by atoms with Crippen molar-refractivity contribution in [3.8, 4) is 11.5 Å². The third-order valence-corrected chi connectivity index (χ3v) is 4.71. The summed E-state index contributed by atoms with van der Waals surface area (Å²) in [6.07, 6.45) is 2.15. The monoisotopic (exact) mass is 328 g/mol. The summed E-state index contributed by atoms with van der Waals surface area (Å²) < 4.78 is 35.0. The zero-order valence-electron chi connectivity index (χ0n) is 14.3. The molecular weight excluding hydrogens is 302 g/mol. The van der Waals surface area contributed by atoms with Crippen LogP contribution in [0.5, 0.6) is 11.5 Å². The molecule has 0 bridgehead atoms. The van der Waals surface area contributed by atoms with E-state index in [-0.39, 0.29) is 5.75 Å². The Bertz CT molecular complexity index is 513. The average Bonchev–Trinajstić information content (AvgIpc) is 2.51. The van der Waals surface area contributed by atoms with Gasteiger partial charge in [-0.25, -0.2) is 0 Å². The molecule has 6 heteroatoms. The molecule has 4 nitrogen and oxygen atoms in total. The van der Waals surface area contributed by atoms with Gasteiger partial charge in [-0.2, -0.15) is 8.78 Å². The maximum Gasteiger partial charge on any atom is 0.387 e. The number of halogens is 2. The number of hydrogen-bond acceptors (Lipinski definition) is 4. The molecule has 0 amide bonds. The predicted molar refractivity (Wildman–Crippen MR) is 86.2 cm³/mol. The van der Waals surface area contributed by atoms with E-state index in [1.807, 2.05) is 7.05 Å². The maximum atomic E-state index is 12.6. The van der Waals surface area contributed by atoms with E-state index in [1.54, 1.807) is 25.3 Å². The molecule has 23 heavy (non-hydrogen) atoms. The molecule has 1 fully saturated rings. The fourth-order valence-corrected chi connectivity index (χ4v) is 3.08. The van der Waals surface area contributed by atoms with E-state index in [4.69, 9.17) is 4.74 Å².